The molecule has 1 fully saturated rings. The molecule has 2 aliphatic rings. The van der Waals surface area contributed by atoms with Crippen LogP contribution in [0.4, 0.5) is 5.82 Å². The molecule has 0 amide bonds. The standard InChI is InChI=1S/C13H18N4O4/c14-7-3-1-2-4-15-12-9(7)16-6-17(12)13-11(20)10(19)8(5-18)21-13/h2,4,6,8,10-11,13-15,18-20H,1,3,5H2. The Hall–Kier alpha value is -1.74. The molecule has 0 aromatic carbocycles. The van der Waals surface area contributed by atoms with Gasteiger partial charge in [-0.2, -0.15) is 0 Å². The van der Waals surface area contributed by atoms with Gasteiger partial charge in [-0.3, -0.25) is 4.57 Å². The fourth-order valence-electron chi connectivity index (χ4n) is 2.59. The number of nitrogens with one attached hydrogen (secondary N) is 2. The highest BCUT2D eigenvalue weighted by Gasteiger charge is 2.44. The molecule has 1 aromatic heterocycles. The first-order valence-corrected chi connectivity index (χ1v) is 6.82. The maximum Gasteiger partial charge on any atom is 0.165 e. The van der Waals surface area contributed by atoms with E-state index in [1.807, 2.05) is 6.08 Å². The lowest BCUT2D eigenvalue weighted by Crippen LogP contribution is -2.33. The number of rotatable bonds is 2. The molecule has 3 heterocycles. The van der Waals surface area contributed by atoms with Crippen molar-refractivity contribution in [3.8, 4) is 0 Å². The average molecular weight is 294 g/mol. The van der Waals surface area contributed by atoms with Crippen molar-refractivity contribution in [3.63, 3.8) is 0 Å². The Labute approximate surface area is 121 Å². The number of nitrogens with zero attached hydrogens (tertiary/aromatic N) is 2. The summed E-state index contributed by atoms with van der Waals surface area (Å²) in [5.74, 6) is 0.533. The molecule has 1 saturated heterocycles. The molecule has 2 aliphatic heterocycles. The number of imidazole rings is 1. The minimum Gasteiger partial charge on any atom is -0.394 e. The van der Waals surface area contributed by atoms with E-state index >= 15 is 0 Å². The second kappa shape index (κ2) is 5.57. The zero-order chi connectivity index (χ0) is 15.0. The number of hydrogen-bond donors (Lipinski definition) is 5. The van der Waals surface area contributed by atoms with Crippen LogP contribution in [0.25, 0.3) is 0 Å². The van der Waals surface area contributed by atoms with Crippen molar-refractivity contribution >= 4 is 11.5 Å². The number of ether oxygens (including phenoxy) is 1. The summed E-state index contributed by atoms with van der Waals surface area (Å²) in [7, 11) is 0. The lowest BCUT2D eigenvalue weighted by atomic mass is 10.1. The number of aromatic nitrogens is 2. The van der Waals surface area contributed by atoms with Crippen LogP contribution in [0.5, 0.6) is 0 Å². The van der Waals surface area contributed by atoms with E-state index in [1.165, 1.54) is 6.33 Å². The molecule has 8 nitrogen and oxygen atoms in total. The van der Waals surface area contributed by atoms with Crippen LogP contribution in [0, 0.1) is 5.41 Å². The van der Waals surface area contributed by atoms with Gasteiger partial charge in [-0.05, 0) is 19.0 Å². The number of anilines is 1. The zero-order valence-electron chi connectivity index (χ0n) is 11.3. The molecule has 0 aliphatic carbocycles. The van der Waals surface area contributed by atoms with Crippen molar-refractivity contribution in [3.05, 3.63) is 24.3 Å². The van der Waals surface area contributed by atoms with E-state index in [-0.39, 0.29) is 6.61 Å². The smallest absolute Gasteiger partial charge is 0.165 e. The van der Waals surface area contributed by atoms with Crippen LogP contribution < -0.4 is 5.32 Å². The third-order valence-corrected chi connectivity index (χ3v) is 3.77. The van der Waals surface area contributed by atoms with E-state index in [0.717, 1.165) is 6.42 Å². The first-order chi connectivity index (χ1) is 10.1. The minimum atomic E-state index is -1.18. The Morgan fingerprint density at radius 1 is 1.43 bits per heavy atom. The van der Waals surface area contributed by atoms with Crippen LogP contribution in [0.15, 0.2) is 18.6 Å². The summed E-state index contributed by atoms with van der Waals surface area (Å²) in [5.41, 5.74) is 0.893. The Kier molecular flexibility index (Phi) is 3.77. The zero-order valence-corrected chi connectivity index (χ0v) is 11.3. The van der Waals surface area contributed by atoms with E-state index in [9.17, 15) is 10.2 Å². The van der Waals surface area contributed by atoms with E-state index in [0.29, 0.717) is 23.6 Å². The summed E-state index contributed by atoms with van der Waals surface area (Å²) in [6.07, 6.45) is 2.42. The molecule has 1 aromatic rings. The van der Waals surface area contributed by atoms with Crippen LogP contribution in [0.1, 0.15) is 24.8 Å². The van der Waals surface area contributed by atoms with Crippen molar-refractivity contribution < 1.29 is 20.1 Å². The molecular weight excluding hydrogens is 276 g/mol. The SMILES string of the molecule is N=C1CCC=CNc2c1ncn2C1OC(CO)C(O)C1O. The van der Waals surface area contributed by atoms with Gasteiger partial charge in [-0.15, -0.1) is 0 Å². The highest BCUT2D eigenvalue weighted by atomic mass is 16.6. The van der Waals surface area contributed by atoms with Gasteiger partial charge >= 0.3 is 0 Å². The quantitative estimate of drug-likeness (QED) is 0.505. The molecule has 0 radical (unpaired) electrons. The van der Waals surface area contributed by atoms with Crippen LogP contribution in [-0.2, 0) is 4.74 Å². The van der Waals surface area contributed by atoms with E-state index in [1.54, 1.807) is 10.8 Å². The summed E-state index contributed by atoms with van der Waals surface area (Å²) in [6.45, 7) is -0.380. The largest absolute Gasteiger partial charge is 0.394 e. The Balaban J connectivity index is 1.96. The molecule has 0 spiro atoms. The van der Waals surface area contributed by atoms with Crippen molar-refractivity contribution in [2.45, 2.75) is 37.4 Å². The molecule has 8 heteroatoms. The molecule has 0 bridgehead atoms. The van der Waals surface area contributed by atoms with Crippen molar-refractivity contribution in [2.24, 2.45) is 0 Å². The van der Waals surface area contributed by atoms with Crippen LogP contribution in [0.3, 0.4) is 0 Å². The average Bonchev–Trinajstić information content (AvgIpc) is 2.99. The van der Waals surface area contributed by atoms with Crippen molar-refractivity contribution in [1.82, 2.24) is 9.55 Å². The van der Waals surface area contributed by atoms with Gasteiger partial charge in [0.1, 0.15) is 29.8 Å². The van der Waals surface area contributed by atoms with Gasteiger partial charge in [0, 0.05) is 0 Å². The van der Waals surface area contributed by atoms with E-state index in [4.69, 9.17) is 15.3 Å². The van der Waals surface area contributed by atoms with Gasteiger partial charge in [-0.25, -0.2) is 4.98 Å². The second-order valence-corrected chi connectivity index (χ2v) is 5.14. The Morgan fingerprint density at radius 3 is 2.95 bits per heavy atom. The predicted octanol–water partition coefficient (Wildman–Crippen LogP) is -0.418. The predicted molar refractivity (Wildman–Crippen MR) is 74.1 cm³/mol. The third kappa shape index (κ3) is 2.36. The van der Waals surface area contributed by atoms with Gasteiger partial charge in [0.15, 0.2) is 6.23 Å². The number of hydrogen-bond acceptors (Lipinski definition) is 7. The number of allylic oxidation sites excluding steroid dienone is 1. The van der Waals surface area contributed by atoms with Gasteiger partial charge in [0.25, 0.3) is 0 Å². The first kappa shape index (κ1) is 14.2. The summed E-state index contributed by atoms with van der Waals surface area (Å²) < 4.78 is 7.04. The fraction of sp³-hybridized carbons (Fsp3) is 0.538. The van der Waals surface area contributed by atoms with Gasteiger partial charge in [-0.1, -0.05) is 6.08 Å². The summed E-state index contributed by atoms with van der Waals surface area (Å²) in [5, 5.41) is 40.1. The molecule has 21 heavy (non-hydrogen) atoms. The molecule has 0 saturated carbocycles. The normalized spacial score (nSPS) is 32.4. The fourth-order valence-corrected chi connectivity index (χ4v) is 2.59. The van der Waals surface area contributed by atoms with Crippen LogP contribution in [-0.4, -0.2) is 55.5 Å². The third-order valence-electron chi connectivity index (χ3n) is 3.77. The monoisotopic (exact) mass is 294 g/mol. The number of fused-ring (bicyclic) bond motifs is 1. The van der Waals surface area contributed by atoms with Gasteiger partial charge < -0.3 is 30.8 Å². The molecule has 4 unspecified atom stereocenters. The van der Waals surface area contributed by atoms with Gasteiger partial charge in [0.2, 0.25) is 0 Å². The maximum atomic E-state index is 10.1. The number of aliphatic hydroxyl groups is 3. The van der Waals surface area contributed by atoms with Crippen LogP contribution >= 0.6 is 0 Å². The number of aliphatic hydroxyl groups excluding tert-OH is 3. The Bertz CT molecular complexity index is 571. The lowest BCUT2D eigenvalue weighted by Gasteiger charge is -2.20. The highest BCUT2D eigenvalue weighted by molar-refractivity contribution is 6.01. The summed E-state index contributed by atoms with van der Waals surface area (Å²) in [6, 6.07) is 0. The first-order valence-electron chi connectivity index (χ1n) is 6.82. The minimum absolute atomic E-state index is 0.380. The van der Waals surface area contributed by atoms with E-state index < -0.39 is 24.5 Å². The van der Waals surface area contributed by atoms with E-state index in [2.05, 4.69) is 10.3 Å². The molecule has 3 rings (SSSR count). The second-order valence-electron chi connectivity index (χ2n) is 5.14. The maximum absolute atomic E-state index is 10.1. The Morgan fingerprint density at radius 2 is 2.24 bits per heavy atom. The van der Waals surface area contributed by atoms with Crippen molar-refractivity contribution in [1.29, 1.82) is 5.41 Å². The molecule has 114 valence electrons. The molecule has 5 N–H and O–H groups in total. The van der Waals surface area contributed by atoms with Crippen LogP contribution in [0.2, 0.25) is 0 Å². The highest BCUT2D eigenvalue weighted by Crippen LogP contribution is 2.33. The molecular formula is C13H18N4O4. The topological polar surface area (TPSA) is 124 Å². The van der Waals surface area contributed by atoms with Crippen molar-refractivity contribution in [2.75, 3.05) is 11.9 Å². The summed E-state index contributed by atoms with van der Waals surface area (Å²) >= 11 is 0. The van der Waals surface area contributed by atoms with Gasteiger partial charge in [0.05, 0.1) is 18.6 Å². The lowest BCUT2D eigenvalue weighted by molar-refractivity contribution is -0.0518. The summed E-state index contributed by atoms with van der Waals surface area (Å²) in [4.78, 5) is 4.20. The molecule has 4 atom stereocenters.